The molecule has 0 aromatic heterocycles. The Kier molecular flexibility index (Phi) is 4.92. The van der Waals surface area contributed by atoms with Crippen LogP contribution < -0.4 is 4.90 Å². The molecule has 0 spiro atoms. The maximum atomic E-state index is 14.3. The first-order valence-electron chi connectivity index (χ1n) is 12.5. The SMILES string of the molecule is CC12CCC(C/C=C\c3ccc(C#N)cc3)(O1)[C@]1(C)C(=O)N(c3ccc(C#N)c4ccccc34)C(=O)[C@H]21. The van der Waals surface area contributed by atoms with E-state index in [-0.39, 0.29) is 11.8 Å². The summed E-state index contributed by atoms with van der Waals surface area (Å²) in [6.07, 6.45) is 5.88. The van der Waals surface area contributed by atoms with Crippen molar-refractivity contribution in [1.29, 1.82) is 10.5 Å². The summed E-state index contributed by atoms with van der Waals surface area (Å²) in [7, 11) is 0. The second-order valence-corrected chi connectivity index (χ2v) is 10.7. The topological polar surface area (TPSA) is 94.2 Å². The number of carbonyl (C=O) groups excluding carboxylic acids is 2. The summed E-state index contributed by atoms with van der Waals surface area (Å²) in [4.78, 5) is 29.6. The molecule has 37 heavy (non-hydrogen) atoms. The number of carbonyl (C=O) groups is 2. The van der Waals surface area contributed by atoms with Crippen LogP contribution >= 0.6 is 0 Å². The second-order valence-electron chi connectivity index (χ2n) is 10.7. The lowest BCUT2D eigenvalue weighted by atomic mass is 9.58. The van der Waals surface area contributed by atoms with E-state index in [0.717, 1.165) is 10.9 Å². The molecular weight excluding hydrogens is 462 g/mol. The van der Waals surface area contributed by atoms with Gasteiger partial charge in [-0.1, -0.05) is 48.6 Å². The van der Waals surface area contributed by atoms with Crippen molar-refractivity contribution in [3.63, 3.8) is 0 Å². The molecule has 0 aliphatic carbocycles. The van der Waals surface area contributed by atoms with Gasteiger partial charge in [-0.2, -0.15) is 10.5 Å². The lowest BCUT2D eigenvalue weighted by Crippen LogP contribution is -2.51. The molecule has 6 rings (SSSR count). The number of imide groups is 1. The van der Waals surface area contributed by atoms with Gasteiger partial charge in [-0.15, -0.1) is 0 Å². The number of fused-ring (bicyclic) bond motifs is 6. The highest BCUT2D eigenvalue weighted by molar-refractivity contribution is 6.27. The maximum absolute atomic E-state index is 14.3. The predicted octanol–water partition coefficient (Wildman–Crippen LogP) is 5.50. The minimum atomic E-state index is -1.01. The van der Waals surface area contributed by atoms with Crippen LogP contribution in [-0.4, -0.2) is 23.0 Å². The highest BCUT2D eigenvalue weighted by Gasteiger charge is 2.80. The van der Waals surface area contributed by atoms with E-state index < -0.39 is 22.5 Å². The molecule has 2 amide bonds. The van der Waals surface area contributed by atoms with E-state index in [1.165, 1.54) is 4.90 Å². The number of hydrogen-bond donors (Lipinski definition) is 0. The van der Waals surface area contributed by atoms with Gasteiger partial charge in [0.25, 0.3) is 0 Å². The third kappa shape index (κ3) is 3.00. The molecule has 3 aliphatic heterocycles. The number of hydrogen-bond acceptors (Lipinski definition) is 5. The molecule has 4 atom stereocenters. The number of anilines is 1. The Morgan fingerprint density at radius 2 is 1.70 bits per heavy atom. The van der Waals surface area contributed by atoms with E-state index in [0.29, 0.717) is 41.5 Å². The Morgan fingerprint density at radius 3 is 2.41 bits per heavy atom. The lowest BCUT2D eigenvalue weighted by molar-refractivity contribution is -0.136. The van der Waals surface area contributed by atoms with Gasteiger partial charge in [0.2, 0.25) is 11.8 Å². The Balaban J connectivity index is 1.40. The molecule has 3 aromatic carbocycles. The first-order valence-corrected chi connectivity index (χ1v) is 12.5. The number of nitriles is 2. The van der Waals surface area contributed by atoms with Crippen molar-refractivity contribution in [2.75, 3.05) is 4.90 Å². The first kappa shape index (κ1) is 23.2. The molecule has 0 radical (unpaired) electrons. The van der Waals surface area contributed by atoms with Gasteiger partial charge in [0.1, 0.15) is 0 Å². The third-order valence-electron chi connectivity index (χ3n) is 8.76. The fourth-order valence-electron chi connectivity index (χ4n) is 6.94. The van der Waals surface area contributed by atoms with Crippen LogP contribution in [0, 0.1) is 34.0 Å². The number of rotatable bonds is 4. The second kappa shape index (κ2) is 7.87. The summed E-state index contributed by atoms with van der Waals surface area (Å²) < 4.78 is 6.64. The Labute approximate surface area is 215 Å². The summed E-state index contributed by atoms with van der Waals surface area (Å²) in [6, 6.07) is 22.4. The summed E-state index contributed by atoms with van der Waals surface area (Å²) in [5.41, 5.74) is 0.0512. The lowest BCUT2D eigenvalue weighted by Gasteiger charge is -2.39. The van der Waals surface area contributed by atoms with Crippen molar-refractivity contribution < 1.29 is 14.3 Å². The van der Waals surface area contributed by atoms with Crippen LogP contribution in [0.15, 0.2) is 66.7 Å². The van der Waals surface area contributed by atoms with Crippen LogP contribution in [0.3, 0.4) is 0 Å². The number of ether oxygens (including phenoxy) is 1. The molecule has 3 aromatic rings. The van der Waals surface area contributed by atoms with Crippen LogP contribution in [0.5, 0.6) is 0 Å². The van der Waals surface area contributed by atoms with Crippen molar-refractivity contribution in [2.24, 2.45) is 11.3 Å². The summed E-state index contributed by atoms with van der Waals surface area (Å²) in [5, 5.41) is 20.0. The highest BCUT2D eigenvalue weighted by Crippen LogP contribution is 2.69. The van der Waals surface area contributed by atoms with E-state index >= 15 is 0 Å². The van der Waals surface area contributed by atoms with Gasteiger partial charge < -0.3 is 4.74 Å². The van der Waals surface area contributed by atoms with E-state index in [1.807, 2.05) is 62.4 Å². The predicted molar refractivity (Wildman–Crippen MR) is 139 cm³/mol. The zero-order chi connectivity index (χ0) is 26.0. The normalized spacial score (nSPS) is 30.2. The Bertz CT molecular complexity index is 1590. The standard InChI is InChI=1S/C31H25N3O3/c1-29-16-17-31(37-29,15-5-6-20-9-11-21(18-32)12-10-20)30(2)26(29)27(35)34(28(30)36)25-14-13-22(19-33)23-7-3-4-8-24(23)25/h3-14,26H,15-17H2,1-2H3/b6-5-/t26-,29?,30+,31?/m1/s1. The molecule has 6 heteroatoms. The molecule has 3 saturated heterocycles. The molecule has 2 unspecified atom stereocenters. The van der Waals surface area contributed by atoms with Crippen LogP contribution in [0.4, 0.5) is 5.69 Å². The fraction of sp³-hybridized carbons (Fsp3) is 0.290. The van der Waals surface area contributed by atoms with Gasteiger partial charge in [0.05, 0.1) is 51.5 Å². The molecule has 182 valence electrons. The molecule has 2 bridgehead atoms. The minimum Gasteiger partial charge on any atom is -0.367 e. The zero-order valence-corrected chi connectivity index (χ0v) is 20.7. The van der Waals surface area contributed by atoms with Gasteiger partial charge in [-0.05, 0) is 62.9 Å². The summed E-state index contributed by atoms with van der Waals surface area (Å²) in [5.74, 6) is -1.06. The number of benzene rings is 3. The maximum Gasteiger partial charge on any atom is 0.243 e. The average Bonchev–Trinajstić information content (AvgIpc) is 3.44. The van der Waals surface area contributed by atoms with Crippen molar-refractivity contribution in [2.45, 2.75) is 44.3 Å². The zero-order valence-electron chi connectivity index (χ0n) is 20.7. The molecule has 0 saturated carbocycles. The molecule has 3 heterocycles. The molecule has 3 fully saturated rings. The van der Waals surface area contributed by atoms with Gasteiger partial charge in [0.15, 0.2) is 0 Å². The Morgan fingerprint density at radius 1 is 0.973 bits per heavy atom. The molecular formula is C31H25N3O3. The molecule has 0 N–H and O–H groups in total. The van der Waals surface area contributed by atoms with E-state index in [9.17, 15) is 14.9 Å². The summed E-state index contributed by atoms with van der Waals surface area (Å²) >= 11 is 0. The van der Waals surface area contributed by atoms with Crippen molar-refractivity contribution in [3.05, 3.63) is 83.4 Å². The quantitative estimate of drug-likeness (QED) is 0.453. The summed E-state index contributed by atoms with van der Waals surface area (Å²) in [6.45, 7) is 3.85. The molecule has 3 aliphatic rings. The average molecular weight is 488 g/mol. The van der Waals surface area contributed by atoms with Gasteiger partial charge >= 0.3 is 0 Å². The van der Waals surface area contributed by atoms with E-state index in [1.54, 1.807) is 24.3 Å². The largest absolute Gasteiger partial charge is 0.367 e. The number of nitrogens with zero attached hydrogens (tertiary/aromatic N) is 3. The third-order valence-corrected chi connectivity index (χ3v) is 8.76. The van der Waals surface area contributed by atoms with Crippen LogP contribution in [0.1, 0.15) is 49.8 Å². The Hall–Kier alpha value is -4.26. The van der Waals surface area contributed by atoms with Crippen LogP contribution in [-0.2, 0) is 14.3 Å². The van der Waals surface area contributed by atoms with E-state index in [4.69, 9.17) is 10.00 Å². The number of amides is 2. The van der Waals surface area contributed by atoms with E-state index in [2.05, 4.69) is 12.1 Å². The van der Waals surface area contributed by atoms with Crippen molar-refractivity contribution >= 4 is 34.4 Å². The monoisotopic (exact) mass is 487 g/mol. The fourth-order valence-corrected chi connectivity index (χ4v) is 6.94. The highest BCUT2D eigenvalue weighted by atomic mass is 16.5. The smallest absolute Gasteiger partial charge is 0.243 e. The molecule has 6 nitrogen and oxygen atoms in total. The van der Waals surface area contributed by atoms with Crippen LogP contribution in [0.25, 0.3) is 16.8 Å². The van der Waals surface area contributed by atoms with Crippen molar-refractivity contribution in [1.82, 2.24) is 0 Å². The van der Waals surface area contributed by atoms with Gasteiger partial charge in [0, 0.05) is 10.8 Å². The van der Waals surface area contributed by atoms with Gasteiger partial charge in [-0.3, -0.25) is 9.59 Å². The van der Waals surface area contributed by atoms with Crippen LogP contribution in [0.2, 0.25) is 0 Å². The van der Waals surface area contributed by atoms with Gasteiger partial charge in [-0.25, -0.2) is 4.90 Å². The van der Waals surface area contributed by atoms with Crippen molar-refractivity contribution in [3.8, 4) is 12.1 Å². The first-order chi connectivity index (χ1) is 17.8. The minimum absolute atomic E-state index is 0.234.